The molecule has 0 bridgehead atoms. The van der Waals surface area contributed by atoms with Crippen LogP contribution < -0.4 is 10.6 Å². The zero-order valence-corrected chi connectivity index (χ0v) is 14.6. The highest BCUT2D eigenvalue weighted by Crippen LogP contribution is 2.53. The molecule has 0 aromatic rings. The first-order valence-electron chi connectivity index (χ1n) is 8.91. The van der Waals surface area contributed by atoms with Crippen molar-refractivity contribution in [2.45, 2.75) is 82.9 Å². The van der Waals surface area contributed by atoms with Gasteiger partial charge < -0.3 is 15.4 Å². The normalized spacial score (nSPS) is 33.6. The van der Waals surface area contributed by atoms with Crippen molar-refractivity contribution >= 4 is 18.3 Å². The van der Waals surface area contributed by atoms with Gasteiger partial charge in [-0.15, -0.1) is 12.4 Å². The molecule has 0 radical (unpaired) electrons. The summed E-state index contributed by atoms with van der Waals surface area (Å²) in [6.45, 7) is 3.85. The maximum absolute atomic E-state index is 12.5. The van der Waals surface area contributed by atoms with E-state index in [0.717, 1.165) is 26.0 Å². The molecule has 0 aromatic heterocycles. The van der Waals surface area contributed by atoms with Crippen LogP contribution in [0, 0.1) is 5.41 Å². The minimum atomic E-state index is 0. The number of hydrogen-bond acceptors (Lipinski definition) is 3. The van der Waals surface area contributed by atoms with E-state index in [-0.39, 0.29) is 29.8 Å². The van der Waals surface area contributed by atoms with Gasteiger partial charge in [0.2, 0.25) is 5.91 Å². The molecule has 1 saturated heterocycles. The molecule has 2 saturated carbocycles. The van der Waals surface area contributed by atoms with Crippen LogP contribution in [-0.4, -0.2) is 37.2 Å². The Kier molecular flexibility index (Phi) is 6.54. The summed E-state index contributed by atoms with van der Waals surface area (Å²) in [5, 5.41) is 6.71. The molecule has 3 fully saturated rings. The van der Waals surface area contributed by atoms with Gasteiger partial charge in [-0.1, -0.05) is 25.7 Å². The number of rotatable bonds is 4. The van der Waals surface area contributed by atoms with Gasteiger partial charge in [-0.3, -0.25) is 4.79 Å². The van der Waals surface area contributed by atoms with E-state index in [2.05, 4.69) is 17.6 Å². The van der Waals surface area contributed by atoms with Crippen molar-refractivity contribution in [1.29, 1.82) is 0 Å². The highest BCUT2D eigenvalue weighted by atomic mass is 35.5. The zero-order valence-electron chi connectivity index (χ0n) is 13.7. The largest absolute Gasteiger partial charge is 0.378 e. The third-order valence-electron chi connectivity index (χ3n) is 5.88. The number of carbonyl (C=O) groups is 1. The second-order valence-corrected chi connectivity index (χ2v) is 7.04. The summed E-state index contributed by atoms with van der Waals surface area (Å²) in [5.41, 5.74) is 0.235. The smallest absolute Gasteiger partial charge is 0.237 e. The van der Waals surface area contributed by atoms with E-state index in [1.54, 1.807) is 0 Å². The monoisotopic (exact) mass is 330 g/mol. The SMILES string of the molecule is CCOC1CC(NC(=O)C2CCCCN2)C12CCCCC2.Cl. The van der Waals surface area contributed by atoms with Gasteiger partial charge in [0, 0.05) is 18.1 Å². The van der Waals surface area contributed by atoms with Crippen LogP contribution in [0.4, 0.5) is 0 Å². The van der Waals surface area contributed by atoms with Crippen LogP contribution in [0.5, 0.6) is 0 Å². The first kappa shape index (κ1) is 18.0. The first-order valence-corrected chi connectivity index (χ1v) is 8.91. The Hall–Kier alpha value is -0.320. The van der Waals surface area contributed by atoms with Gasteiger partial charge in [-0.2, -0.15) is 0 Å². The number of halogens is 1. The zero-order chi connectivity index (χ0) is 14.7. The second-order valence-electron chi connectivity index (χ2n) is 7.04. The van der Waals surface area contributed by atoms with E-state index < -0.39 is 0 Å². The molecule has 4 nitrogen and oxygen atoms in total. The lowest BCUT2D eigenvalue weighted by molar-refractivity contribution is -0.158. The molecule has 5 heteroatoms. The summed E-state index contributed by atoms with van der Waals surface area (Å²) in [6.07, 6.45) is 11.1. The van der Waals surface area contributed by atoms with Gasteiger partial charge in [-0.25, -0.2) is 0 Å². The van der Waals surface area contributed by atoms with Crippen molar-refractivity contribution in [1.82, 2.24) is 10.6 Å². The molecule has 2 aliphatic carbocycles. The third kappa shape index (κ3) is 3.44. The Morgan fingerprint density at radius 2 is 2.00 bits per heavy atom. The summed E-state index contributed by atoms with van der Waals surface area (Å²) in [5.74, 6) is 0.222. The summed E-state index contributed by atoms with van der Waals surface area (Å²) >= 11 is 0. The van der Waals surface area contributed by atoms with Gasteiger partial charge in [0.1, 0.15) is 0 Å². The molecule has 1 amide bonds. The molecule has 3 aliphatic rings. The quantitative estimate of drug-likeness (QED) is 0.833. The summed E-state index contributed by atoms with van der Waals surface area (Å²) in [6, 6.07) is 0.371. The topological polar surface area (TPSA) is 50.4 Å². The number of nitrogens with one attached hydrogen (secondary N) is 2. The molecule has 128 valence electrons. The molecular formula is C17H31ClN2O2. The summed E-state index contributed by atoms with van der Waals surface area (Å²) < 4.78 is 5.96. The van der Waals surface area contributed by atoms with Crippen LogP contribution in [-0.2, 0) is 9.53 Å². The lowest BCUT2D eigenvalue weighted by Gasteiger charge is -2.57. The van der Waals surface area contributed by atoms with Crippen molar-refractivity contribution in [3.63, 3.8) is 0 Å². The Morgan fingerprint density at radius 1 is 1.23 bits per heavy atom. The van der Waals surface area contributed by atoms with Gasteiger partial charge in [0.25, 0.3) is 0 Å². The molecule has 3 unspecified atom stereocenters. The number of amides is 1. The van der Waals surface area contributed by atoms with E-state index in [4.69, 9.17) is 4.74 Å². The van der Waals surface area contributed by atoms with Gasteiger partial charge >= 0.3 is 0 Å². The Balaban J connectivity index is 0.00000176. The van der Waals surface area contributed by atoms with Crippen molar-refractivity contribution < 1.29 is 9.53 Å². The van der Waals surface area contributed by atoms with Crippen molar-refractivity contribution in [2.75, 3.05) is 13.2 Å². The molecule has 3 rings (SSSR count). The summed E-state index contributed by atoms with van der Waals surface area (Å²) in [4.78, 5) is 12.5. The lowest BCUT2D eigenvalue weighted by Crippen LogP contribution is -2.67. The van der Waals surface area contributed by atoms with Gasteiger partial charge in [-0.05, 0) is 45.6 Å². The maximum Gasteiger partial charge on any atom is 0.237 e. The second kappa shape index (κ2) is 7.98. The van der Waals surface area contributed by atoms with E-state index in [1.165, 1.54) is 44.9 Å². The average molecular weight is 331 g/mol. The molecule has 1 aliphatic heterocycles. The number of ether oxygens (including phenoxy) is 1. The Morgan fingerprint density at radius 3 is 2.64 bits per heavy atom. The van der Waals surface area contributed by atoms with Crippen molar-refractivity contribution in [3.8, 4) is 0 Å². The van der Waals surface area contributed by atoms with E-state index >= 15 is 0 Å². The fourth-order valence-electron chi connectivity index (χ4n) is 4.61. The highest BCUT2D eigenvalue weighted by Gasteiger charge is 2.56. The maximum atomic E-state index is 12.5. The number of carbonyl (C=O) groups excluding carboxylic acids is 1. The fourth-order valence-corrected chi connectivity index (χ4v) is 4.61. The van der Waals surface area contributed by atoms with Crippen LogP contribution in [0.25, 0.3) is 0 Å². The molecule has 1 spiro atoms. The number of hydrogen-bond donors (Lipinski definition) is 2. The van der Waals surface area contributed by atoms with E-state index in [1.807, 2.05) is 0 Å². The lowest BCUT2D eigenvalue weighted by atomic mass is 9.55. The molecule has 1 heterocycles. The Labute approximate surface area is 140 Å². The van der Waals surface area contributed by atoms with E-state index in [0.29, 0.717) is 12.1 Å². The molecule has 3 atom stereocenters. The molecule has 22 heavy (non-hydrogen) atoms. The highest BCUT2D eigenvalue weighted by molar-refractivity contribution is 5.85. The molecule has 0 aromatic carbocycles. The first-order chi connectivity index (χ1) is 10.3. The van der Waals surface area contributed by atoms with Crippen LogP contribution in [0.3, 0.4) is 0 Å². The third-order valence-corrected chi connectivity index (χ3v) is 5.88. The predicted octanol–water partition coefficient (Wildman–Crippen LogP) is 2.79. The van der Waals surface area contributed by atoms with Crippen LogP contribution in [0.2, 0.25) is 0 Å². The minimum Gasteiger partial charge on any atom is -0.378 e. The molecule has 2 N–H and O–H groups in total. The summed E-state index contributed by atoms with van der Waals surface area (Å²) in [7, 11) is 0. The van der Waals surface area contributed by atoms with Gasteiger partial charge in [0.05, 0.1) is 12.1 Å². The van der Waals surface area contributed by atoms with Crippen LogP contribution in [0.15, 0.2) is 0 Å². The standard InChI is InChI=1S/C17H30N2O2.ClH/c1-2-21-15-12-14(17(15)9-5-3-6-10-17)19-16(20)13-8-4-7-11-18-13;/h13-15,18H,2-12H2,1H3,(H,19,20);1H. The van der Waals surface area contributed by atoms with Crippen LogP contribution in [0.1, 0.15) is 64.7 Å². The fraction of sp³-hybridized carbons (Fsp3) is 0.941. The van der Waals surface area contributed by atoms with Gasteiger partial charge in [0.15, 0.2) is 0 Å². The predicted molar refractivity (Wildman–Crippen MR) is 90.4 cm³/mol. The van der Waals surface area contributed by atoms with E-state index in [9.17, 15) is 4.79 Å². The number of piperidine rings is 1. The van der Waals surface area contributed by atoms with Crippen molar-refractivity contribution in [3.05, 3.63) is 0 Å². The Bertz CT molecular complexity index is 366. The minimum absolute atomic E-state index is 0. The van der Waals surface area contributed by atoms with Crippen molar-refractivity contribution in [2.24, 2.45) is 5.41 Å². The average Bonchev–Trinajstić information content (AvgIpc) is 2.55. The molecular weight excluding hydrogens is 300 g/mol. The van der Waals surface area contributed by atoms with Crippen LogP contribution >= 0.6 is 12.4 Å².